The monoisotopic (exact) mass is 437 g/mol. The van der Waals surface area contributed by atoms with Gasteiger partial charge in [0.05, 0.1) is 33.2 Å². The second kappa shape index (κ2) is 9.24. The molecular formula is C23H17ClFN3OS. The van der Waals surface area contributed by atoms with Crippen molar-refractivity contribution in [3.8, 4) is 0 Å². The van der Waals surface area contributed by atoms with Crippen LogP contribution in [-0.4, -0.2) is 21.6 Å². The van der Waals surface area contributed by atoms with Crippen LogP contribution in [0.25, 0.3) is 11.0 Å². The summed E-state index contributed by atoms with van der Waals surface area (Å²) < 4.78 is 13.2. The van der Waals surface area contributed by atoms with E-state index in [1.165, 1.54) is 23.9 Å². The lowest BCUT2D eigenvalue weighted by molar-refractivity contribution is -0.113. The van der Waals surface area contributed by atoms with Crippen molar-refractivity contribution in [2.75, 3.05) is 11.1 Å². The van der Waals surface area contributed by atoms with Gasteiger partial charge in [0.1, 0.15) is 10.8 Å². The van der Waals surface area contributed by atoms with Crippen molar-refractivity contribution in [3.05, 3.63) is 94.9 Å². The van der Waals surface area contributed by atoms with Gasteiger partial charge in [-0.3, -0.25) is 4.79 Å². The molecule has 4 nitrogen and oxygen atoms in total. The number of para-hydroxylation sites is 3. The summed E-state index contributed by atoms with van der Waals surface area (Å²) in [5, 5.41) is 3.97. The average molecular weight is 438 g/mol. The molecule has 0 atom stereocenters. The van der Waals surface area contributed by atoms with E-state index in [0.717, 1.165) is 22.3 Å². The first kappa shape index (κ1) is 20.3. The Morgan fingerprint density at radius 1 is 0.933 bits per heavy atom. The van der Waals surface area contributed by atoms with Crippen molar-refractivity contribution in [2.45, 2.75) is 11.4 Å². The molecule has 1 aromatic heterocycles. The molecule has 0 fully saturated rings. The van der Waals surface area contributed by atoms with Crippen LogP contribution in [-0.2, 0) is 11.2 Å². The van der Waals surface area contributed by atoms with Crippen molar-refractivity contribution in [1.82, 2.24) is 9.97 Å². The van der Waals surface area contributed by atoms with E-state index in [-0.39, 0.29) is 17.5 Å². The zero-order chi connectivity index (χ0) is 20.9. The highest BCUT2D eigenvalue weighted by molar-refractivity contribution is 8.00. The van der Waals surface area contributed by atoms with Gasteiger partial charge in [-0.15, -0.1) is 0 Å². The number of aromatic nitrogens is 2. The van der Waals surface area contributed by atoms with Crippen LogP contribution in [0.4, 0.5) is 10.1 Å². The molecule has 0 unspecified atom stereocenters. The number of carbonyl (C=O) groups excluding carboxylic acids is 1. The zero-order valence-corrected chi connectivity index (χ0v) is 17.4. The summed E-state index contributed by atoms with van der Waals surface area (Å²) in [5.74, 6) is -0.306. The van der Waals surface area contributed by atoms with Gasteiger partial charge >= 0.3 is 0 Å². The van der Waals surface area contributed by atoms with Crippen LogP contribution in [0.15, 0.2) is 77.8 Å². The number of fused-ring (bicyclic) bond motifs is 1. The number of anilines is 1. The van der Waals surface area contributed by atoms with Gasteiger partial charge in [-0.05, 0) is 42.0 Å². The molecule has 0 radical (unpaired) electrons. The molecule has 3 aromatic carbocycles. The van der Waals surface area contributed by atoms with Crippen LogP contribution >= 0.6 is 23.4 Å². The van der Waals surface area contributed by atoms with Crippen LogP contribution in [0.1, 0.15) is 11.3 Å². The van der Waals surface area contributed by atoms with Gasteiger partial charge in [0, 0.05) is 6.42 Å². The van der Waals surface area contributed by atoms with E-state index in [9.17, 15) is 9.18 Å². The Hall–Kier alpha value is -2.96. The predicted octanol–water partition coefficient (Wildman–Crippen LogP) is 5.74. The average Bonchev–Trinajstić information content (AvgIpc) is 2.75. The largest absolute Gasteiger partial charge is 0.324 e. The van der Waals surface area contributed by atoms with Crippen LogP contribution in [0.3, 0.4) is 0 Å². The van der Waals surface area contributed by atoms with Crippen LogP contribution in [0.5, 0.6) is 0 Å². The normalized spacial score (nSPS) is 10.9. The van der Waals surface area contributed by atoms with Gasteiger partial charge in [-0.1, -0.05) is 59.8 Å². The zero-order valence-electron chi connectivity index (χ0n) is 15.8. The van der Waals surface area contributed by atoms with Crippen LogP contribution in [0, 0.1) is 5.82 Å². The Bertz CT molecular complexity index is 1200. The number of nitrogens with one attached hydrogen (secondary N) is 1. The van der Waals surface area contributed by atoms with Crippen LogP contribution in [0.2, 0.25) is 5.02 Å². The summed E-state index contributed by atoms with van der Waals surface area (Å²) in [7, 11) is 0. The predicted molar refractivity (Wildman–Crippen MR) is 120 cm³/mol. The second-order valence-electron chi connectivity index (χ2n) is 6.58. The molecular weight excluding hydrogens is 421 g/mol. The lowest BCUT2D eigenvalue weighted by Gasteiger charge is -2.11. The highest BCUT2D eigenvalue weighted by atomic mass is 35.5. The van der Waals surface area contributed by atoms with Gasteiger partial charge in [0.2, 0.25) is 5.91 Å². The fourth-order valence-electron chi connectivity index (χ4n) is 2.93. The summed E-state index contributed by atoms with van der Waals surface area (Å²) in [6.07, 6.45) is 0.493. The van der Waals surface area contributed by atoms with E-state index in [0.29, 0.717) is 22.2 Å². The topological polar surface area (TPSA) is 54.9 Å². The van der Waals surface area contributed by atoms with Gasteiger partial charge in [-0.25, -0.2) is 14.4 Å². The molecule has 0 spiro atoms. The maximum absolute atomic E-state index is 13.2. The van der Waals surface area contributed by atoms with Crippen molar-refractivity contribution in [3.63, 3.8) is 0 Å². The summed E-state index contributed by atoms with van der Waals surface area (Å²) >= 11 is 7.42. The number of thioether (sulfide) groups is 1. The number of halogens is 2. The molecule has 1 N–H and O–H groups in total. The van der Waals surface area contributed by atoms with Gasteiger partial charge < -0.3 is 5.32 Å². The lowest BCUT2D eigenvalue weighted by atomic mass is 10.1. The van der Waals surface area contributed by atoms with E-state index in [1.54, 1.807) is 30.3 Å². The third-order valence-electron chi connectivity index (χ3n) is 4.38. The van der Waals surface area contributed by atoms with E-state index in [1.807, 2.05) is 30.3 Å². The summed E-state index contributed by atoms with van der Waals surface area (Å²) in [6, 6.07) is 21.0. The highest BCUT2D eigenvalue weighted by Crippen LogP contribution is 2.26. The minimum atomic E-state index is -0.283. The number of amides is 1. The minimum absolute atomic E-state index is 0.161. The summed E-state index contributed by atoms with van der Waals surface area (Å²) in [5.41, 5.74) is 3.77. The number of carbonyl (C=O) groups is 1. The first-order valence-electron chi connectivity index (χ1n) is 9.26. The molecule has 1 heterocycles. The Balaban J connectivity index is 1.56. The molecule has 0 aliphatic carbocycles. The maximum Gasteiger partial charge on any atom is 0.234 e. The molecule has 30 heavy (non-hydrogen) atoms. The first-order valence-corrected chi connectivity index (χ1v) is 10.6. The fraction of sp³-hybridized carbons (Fsp3) is 0.0870. The molecule has 0 aliphatic heterocycles. The molecule has 0 saturated carbocycles. The maximum atomic E-state index is 13.2. The number of hydrogen-bond acceptors (Lipinski definition) is 4. The van der Waals surface area contributed by atoms with E-state index in [2.05, 4.69) is 5.32 Å². The molecule has 4 aromatic rings. The van der Waals surface area contributed by atoms with Gasteiger partial charge in [0.15, 0.2) is 0 Å². The number of nitrogens with zero attached hydrogens (tertiary/aromatic N) is 2. The van der Waals surface area contributed by atoms with E-state index in [4.69, 9.17) is 21.6 Å². The van der Waals surface area contributed by atoms with Crippen molar-refractivity contribution in [2.24, 2.45) is 0 Å². The Morgan fingerprint density at radius 3 is 2.33 bits per heavy atom. The fourth-order valence-corrected chi connectivity index (χ4v) is 3.90. The molecule has 4 rings (SSSR count). The number of benzene rings is 3. The first-order chi connectivity index (χ1) is 14.6. The molecule has 7 heteroatoms. The molecule has 0 saturated heterocycles. The van der Waals surface area contributed by atoms with E-state index >= 15 is 0 Å². The second-order valence-corrected chi connectivity index (χ2v) is 7.96. The third kappa shape index (κ3) is 4.96. The molecule has 150 valence electrons. The third-order valence-corrected chi connectivity index (χ3v) is 5.72. The summed E-state index contributed by atoms with van der Waals surface area (Å²) in [4.78, 5) is 21.9. The Labute approximate surface area is 182 Å². The molecule has 0 bridgehead atoms. The van der Waals surface area contributed by atoms with Crippen LogP contribution < -0.4 is 5.32 Å². The van der Waals surface area contributed by atoms with Gasteiger partial charge in [-0.2, -0.15) is 0 Å². The van der Waals surface area contributed by atoms with E-state index < -0.39 is 0 Å². The van der Waals surface area contributed by atoms with Gasteiger partial charge in [0.25, 0.3) is 0 Å². The Morgan fingerprint density at radius 2 is 1.60 bits per heavy atom. The number of hydrogen-bond donors (Lipinski definition) is 1. The Kier molecular flexibility index (Phi) is 6.26. The van der Waals surface area contributed by atoms with Crippen molar-refractivity contribution in [1.29, 1.82) is 0 Å². The SMILES string of the molecule is O=C(CSc1nc2ccccc2nc1Cc1ccc(F)cc1)Nc1ccccc1Cl. The minimum Gasteiger partial charge on any atom is -0.324 e. The molecule has 0 aliphatic rings. The smallest absolute Gasteiger partial charge is 0.234 e. The van der Waals surface area contributed by atoms with Crippen molar-refractivity contribution >= 4 is 46.0 Å². The lowest BCUT2D eigenvalue weighted by Crippen LogP contribution is -2.14. The van der Waals surface area contributed by atoms with Crippen molar-refractivity contribution < 1.29 is 9.18 Å². The quantitative estimate of drug-likeness (QED) is 0.390. The standard InChI is InChI=1S/C23H17ClFN3OS/c24-17-5-1-2-6-18(17)27-22(29)14-30-23-21(13-15-9-11-16(25)12-10-15)26-19-7-3-4-8-20(19)28-23/h1-12H,13-14H2,(H,27,29). The highest BCUT2D eigenvalue weighted by Gasteiger charge is 2.13. The number of rotatable bonds is 6. The molecule has 1 amide bonds. The summed E-state index contributed by atoms with van der Waals surface area (Å²) in [6.45, 7) is 0.